The van der Waals surface area contributed by atoms with Gasteiger partial charge in [0, 0.05) is 0 Å². The lowest BCUT2D eigenvalue weighted by molar-refractivity contribution is -0.143. The Kier molecular flexibility index (Phi) is 6.14. The zero-order valence-electron chi connectivity index (χ0n) is 15.5. The summed E-state index contributed by atoms with van der Waals surface area (Å²) >= 11 is 5.69. The van der Waals surface area contributed by atoms with E-state index in [1.54, 1.807) is 0 Å². The molecule has 7 nitrogen and oxygen atoms in total. The van der Waals surface area contributed by atoms with Crippen LogP contribution in [-0.2, 0) is 22.4 Å². The third-order valence-electron chi connectivity index (χ3n) is 4.01. The Morgan fingerprint density at radius 1 is 1.00 bits per heavy atom. The number of nitrogens with one attached hydrogen (secondary N) is 1. The van der Waals surface area contributed by atoms with Crippen LogP contribution in [0.15, 0.2) is 47.4 Å². The highest BCUT2D eigenvalue weighted by molar-refractivity contribution is 7.90. The molecule has 16 heteroatoms. The minimum Gasteiger partial charge on any atom is -0.266 e. The predicted octanol–water partition coefficient (Wildman–Crippen LogP) is 4.22. The first kappa shape index (κ1) is 24.4. The van der Waals surface area contributed by atoms with Gasteiger partial charge in [-0.05, 0) is 30.3 Å². The zero-order valence-corrected chi connectivity index (χ0v) is 17.1. The van der Waals surface area contributed by atoms with Crippen LogP contribution in [0.25, 0.3) is 5.69 Å². The minimum atomic E-state index is -5.38. The highest BCUT2D eigenvalue weighted by Gasteiger charge is 2.43. The number of nitrogens with zero attached hydrogens (tertiary/aromatic N) is 3. The molecule has 0 radical (unpaired) electrons. The first-order chi connectivity index (χ1) is 15.1. The van der Waals surface area contributed by atoms with E-state index in [2.05, 4.69) is 10.3 Å². The largest absolute Gasteiger partial charge is 0.435 e. The van der Waals surface area contributed by atoms with Crippen LogP contribution in [0.2, 0.25) is 5.02 Å². The summed E-state index contributed by atoms with van der Waals surface area (Å²) in [6, 6.07) is 5.06. The second kappa shape index (κ2) is 8.30. The van der Waals surface area contributed by atoms with Gasteiger partial charge < -0.3 is 0 Å². The second-order valence-corrected chi connectivity index (χ2v) is 8.28. The molecule has 0 aliphatic rings. The van der Waals surface area contributed by atoms with Crippen LogP contribution in [-0.4, -0.2) is 29.3 Å². The first-order valence-electron chi connectivity index (χ1n) is 8.34. The molecule has 2 aromatic carbocycles. The van der Waals surface area contributed by atoms with Gasteiger partial charge in [0.1, 0.15) is 10.7 Å². The van der Waals surface area contributed by atoms with E-state index in [4.69, 9.17) is 11.6 Å². The molecule has 0 saturated carbocycles. The molecule has 176 valence electrons. The van der Waals surface area contributed by atoms with Gasteiger partial charge >= 0.3 is 12.4 Å². The van der Waals surface area contributed by atoms with E-state index in [0.717, 1.165) is 24.3 Å². The van der Waals surface area contributed by atoms with Crippen LogP contribution < -0.4 is 4.72 Å². The van der Waals surface area contributed by atoms with E-state index in [1.807, 2.05) is 0 Å². The van der Waals surface area contributed by atoms with Crippen LogP contribution in [0.3, 0.4) is 0 Å². The number of alkyl halides is 6. The van der Waals surface area contributed by atoms with E-state index >= 15 is 0 Å². The maximum absolute atomic E-state index is 13.8. The Balaban J connectivity index is 2.07. The van der Waals surface area contributed by atoms with Crippen molar-refractivity contribution in [3.8, 4) is 5.69 Å². The molecule has 0 aliphatic carbocycles. The lowest BCUT2D eigenvalue weighted by atomic mass is 10.2. The normalized spacial score (nSPS) is 12.6. The van der Waals surface area contributed by atoms with Crippen molar-refractivity contribution in [1.82, 2.24) is 19.7 Å². The summed E-state index contributed by atoms with van der Waals surface area (Å²) in [6.07, 6.45) is -10.2. The summed E-state index contributed by atoms with van der Waals surface area (Å²) in [6.45, 7) is 0. The maximum Gasteiger partial charge on any atom is 0.435 e. The fraction of sp³-hybridized carbons (Fsp3) is 0.118. The smallest absolute Gasteiger partial charge is 0.266 e. The molecule has 33 heavy (non-hydrogen) atoms. The number of amides is 1. The van der Waals surface area contributed by atoms with Gasteiger partial charge in [-0.3, -0.25) is 4.79 Å². The van der Waals surface area contributed by atoms with Crippen molar-refractivity contribution in [2.24, 2.45) is 0 Å². The summed E-state index contributed by atoms with van der Waals surface area (Å²) in [5.74, 6) is -3.20. The van der Waals surface area contributed by atoms with Crippen molar-refractivity contribution in [3.05, 3.63) is 70.3 Å². The molecule has 1 amide bonds. The molecule has 0 fully saturated rings. The topological polar surface area (TPSA) is 93.9 Å². The third-order valence-corrected chi connectivity index (χ3v) is 5.68. The Hall–Kier alpha value is -3.20. The fourth-order valence-electron chi connectivity index (χ4n) is 2.60. The average molecular weight is 517 g/mol. The summed E-state index contributed by atoms with van der Waals surface area (Å²) in [5.41, 5.74) is -5.46. The predicted molar refractivity (Wildman–Crippen MR) is 97.4 cm³/mol. The van der Waals surface area contributed by atoms with Crippen molar-refractivity contribution in [1.29, 1.82) is 0 Å². The number of halogens is 8. The van der Waals surface area contributed by atoms with Gasteiger partial charge in [0.2, 0.25) is 0 Å². The summed E-state index contributed by atoms with van der Waals surface area (Å²) in [5, 5.41) is 5.30. The molecule has 0 unspecified atom stereocenters. The summed E-state index contributed by atoms with van der Waals surface area (Å²) in [4.78, 5) is 11.3. The standard InChI is InChI=1S/C17H8ClF7N4O3S/c18-9-7-8(16(20,21)22)5-6-11(9)29-14(17(23,24)25)13(26-28-29)15(30)27-33(31,32)12-4-2-1-3-10(12)19/h1-7H,(H,27,30). The van der Waals surface area contributed by atoms with Crippen molar-refractivity contribution in [2.45, 2.75) is 17.2 Å². The fourth-order valence-corrected chi connectivity index (χ4v) is 3.89. The van der Waals surface area contributed by atoms with Gasteiger partial charge in [-0.25, -0.2) is 22.2 Å². The van der Waals surface area contributed by atoms with Gasteiger partial charge in [-0.1, -0.05) is 28.9 Å². The molecule has 3 rings (SSSR count). The SMILES string of the molecule is O=C(NS(=O)(=O)c1ccccc1F)c1nnn(-c2ccc(C(F)(F)F)cc2Cl)c1C(F)(F)F. The average Bonchev–Trinajstić information content (AvgIpc) is 3.12. The van der Waals surface area contributed by atoms with Crippen LogP contribution in [0.4, 0.5) is 30.7 Å². The second-order valence-electron chi connectivity index (χ2n) is 6.23. The molecule has 0 atom stereocenters. The number of benzene rings is 2. The number of aromatic nitrogens is 3. The van der Waals surface area contributed by atoms with Gasteiger partial charge in [-0.15, -0.1) is 5.10 Å². The van der Waals surface area contributed by atoms with E-state index in [0.29, 0.717) is 18.2 Å². The number of sulfonamides is 1. The Labute approximate surface area is 184 Å². The highest BCUT2D eigenvalue weighted by atomic mass is 35.5. The lowest BCUT2D eigenvalue weighted by Crippen LogP contribution is -2.33. The number of carbonyl (C=O) groups is 1. The molecule has 1 aromatic heterocycles. The van der Waals surface area contributed by atoms with Crippen molar-refractivity contribution in [2.75, 3.05) is 0 Å². The molecule has 0 saturated heterocycles. The van der Waals surface area contributed by atoms with Crippen LogP contribution >= 0.6 is 11.6 Å². The summed E-state index contributed by atoms with van der Waals surface area (Å²) in [7, 11) is -4.96. The van der Waals surface area contributed by atoms with Gasteiger partial charge in [0.25, 0.3) is 15.9 Å². The Bertz CT molecular complexity index is 1340. The quantitative estimate of drug-likeness (QED) is 0.524. The summed E-state index contributed by atoms with van der Waals surface area (Å²) < 4.78 is 119. The van der Waals surface area contributed by atoms with Gasteiger partial charge in [0.15, 0.2) is 11.4 Å². The first-order valence-corrected chi connectivity index (χ1v) is 10.2. The monoisotopic (exact) mass is 516 g/mol. The molecular weight excluding hydrogens is 509 g/mol. The van der Waals surface area contributed by atoms with Crippen molar-refractivity contribution < 1.29 is 43.9 Å². The van der Waals surface area contributed by atoms with Gasteiger partial charge in [0.05, 0.1) is 16.3 Å². The highest BCUT2D eigenvalue weighted by Crippen LogP contribution is 2.37. The molecule has 3 aromatic rings. The van der Waals surface area contributed by atoms with Gasteiger partial charge in [-0.2, -0.15) is 26.3 Å². The zero-order chi connectivity index (χ0) is 24.8. The molecule has 0 spiro atoms. The van der Waals surface area contributed by atoms with E-state index < -0.39 is 66.7 Å². The Morgan fingerprint density at radius 3 is 2.18 bits per heavy atom. The van der Waals surface area contributed by atoms with E-state index in [1.165, 1.54) is 4.72 Å². The Morgan fingerprint density at radius 2 is 1.64 bits per heavy atom. The number of carbonyl (C=O) groups excluding carboxylic acids is 1. The van der Waals surface area contributed by atoms with E-state index in [-0.39, 0.29) is 4.68 Å². The van der Waals surface area contributed by atoms with Crippen molar-refractivity contribution >= 4 is 27.5 Å². The maximum atomic E-state index is 13.8. The number of rotatable bonds is 4. The number of hydrogen-bond donors (Lipinski definition) is 1. The minimum absolute atomic E-state index is 0.0624. The van der Waals surface area contributed by atoms with Crippen LogP contribution in [0, 0.1) is 5.82 Å². The van der Waals surface area contributed by atoms with Crippen LogP contribution in [0.1, 0.15) is 21.7 Å². The van der Waals surface area contributed by atoms with E-state index in [9.17, 15) is 43.9 Å². The third kappa shape index (κ3) is 4.93. The van der Waals surface area contributed by atoms with Crippen LogP contribution in [0.5, 0.6) is 0 Å². The lowest BCUT2D eigenvalue weighted by Gasteiger charge is -2.14. The molecular formula is C17H8ClF7N4O3S. The molecule has 0 aliphatic heterocycles. The molecule has 0 bridgehead atoms. The number of hydrogen-bond acceptors (Lipinski definition) is 5. The van der Waals surface area contributed by atoms with Crippen molar-refractivity contribution in [3.63, 3.8) is 0 Å². The molecule has 1 N–H and O–H groups in total. The molecule has 1 heterocycles.